The van der Waals surface area contributed by atoms with E-state index in [1.807, 2.05) is 36.4 Å². The van der Waals surface area contributed by atoms with Crippen molar-refractivity contribution in [1.29, 1.82) is 0 Å². The first-order chi connectivity index (χ1) is 10.3. The average Bonchev–Trinajstić information content (AvgIpc) is 3.00. The maximum Gasteiger partial charge on any atom is 0.129 e. The Bertz CT molecular complexity index is 749. The van der Waals surface area contributed by atoms with Gasteiger partial charge in [-0.25, -0.2) is 0 Å². The molecular formula is C17H16NO3. The van der Waals surface area contributed by atoms with Gasteiger partial charge in [-0.3, -0.25) is 0 Å². The van der Waals surface area contributed by atoms with Gasteiger partial charge in [-0.15, -0.1) is 0 Å². The third-order valence-corrected chi connectivity index (χ3v) is 3.33. The van der Waals surface area contributed by atoms with Crippen LogP contribution in [0, 0.1) is 6.07 Å². The molecule has 2 aromatic carbocycles. The first kappa shape index (κ1) is 13.4. The fourth-order valence-corrected chi connectivity index (χ4v) is 2.18. The third-order valence-electron chi connectivity index (χ3n) is 3.33. The summed E-state index contributed by atoms with van der Waals surface area (Å²) in [4.78, 5) is 3.11. The number of aromatic amines is 1. The number of aromatic nitrogens is 1. The zero-order valence-electron chi connectivity index (χ0n) is 12.0. The van der Waals surface area contributed by atoms with Gasteiger partial charge in [-0.05, 0) is 30.3 Å². The Kier molecular flexibility index (Phi) is 3.69. The largest absolute Gasteiger partial charge is 0.497 e. The van der Waals surface area contributed by atoms with Crippen molar-refractivity contribution in [1.82, 2.24) is 4.98 Å². The van der Waals surface area contributed by atoms with Gasteiger partial charge in [0.1, 0.15) is 23.9 Å². The van der Waals surface area contributed by atoms with Gasteiger partial charge in [-0.2, -0.15) is 0 Å². The SMILES string of the molecule is COc1ccc(COc2ccc3[nH]c[c]c3c2)c(OC)c1. The van der Waals surface area contributed by atoms with E-state index in [1.54, 1.807) is 20.4 Å². The van der Waals surface area contributed by atoms with Gasteiger partial charge in [-0.1, -0.05) is 0 Å². The van der Waals surface area contributed by atoms with Crippen LogP contribution in [0.15, 0.2) is 42.6 Å². The van der Waals surface area contributed by atoms with Crippen molar-refractivity contribution in [3.05, 3.63) is 54.2 Å². The van der Waals surface area contributed by atoms with Crippen LogP contribution >= 0.6 is 0 Å². The van der Waals surface area contributed by atoms with Crippen LogP contribution in [0.3, 0.4) is 0 Å². The number of nitrogens with one attached hydrogen (secondary N) is 1. The zero-order chi connectivity index (χ0) is 14.7. The number of ether oxygens (including phenoxy) is 3. The number of rotatable bonds is 5. The number of hydrogen-bond donors (Lipinski definition) is 1. The molecule has 0 amide bonds. The molecule has 0 saturated carbocycles. The molecule has 4 nitrogen and oxygen atoms in total. The first-order valence-electron chi connectivity index (χ1n) is 6.62. The maximum atomic E-state index is 5.83. The highest BCUT2D eigenvalue weighted by atomic mass is 16.5. The van der Waals surface area contributed by atoms with E-state index in [9.17, 15) is 0 Å². The lowest BCUT2D eigenvalue weighted by atomic mass is 10.2. The molecule has 0 spiro atoms. The van der Waals surface area contributed by atoms with Crippen LogP contribution in [0.25, 0.3) is 10.9 Å². The number of hydrogen-bond acceptors (Lipinski definition) is 3. The second-order valence-electron chi connectivity index (χ2n) is 4.61. The van der Waals surface area contributed by atoms with Gasteiger partial charge in [0.2, 0.25) is 0 Å². The van der Waals surface area contributed by atoms with Gasteiger partial charge in [0, 0.05) is 34.8 Å². The number of H-pyrrole nitrogens is 1. The molecule has 1 radical (unpaired) electrons. The minimum Gasteiger partial charge on any atom is -0.497 e. The highest BCUT2D eigenvalue weighted by molar-refractivity contribution is 5.80. The standard InChI is InChI=1S/C17H16NO3/c1-19-14-4-3-13(17(10-14)20-2)11-21-15-5-6-16-12(9-15)7-8-18-16/h3-6,8-10,18H,11H2,1-2H3. The average molecular weight is 282 g/mol. The summed E-state index contributed by atoms with van der Waals surface area (Å²) in [5, 5.41) is 1.01. The van der Waals surface area contributed by atoms with Crippen molar-refractivity contribution in [3.8, 4) is 17.2 Å². The lowest BCUT2D eigenvalue weighted by molar-refractivity contribution is 0.296. The van der Waals surface area contributed by atoms with Gasteiger partial charge in [0.05, 0.1) is 14.2 Å². The minimum absolute atomic E-state index is 0.434. The normalized spacial score (nSPS) is 10.6. The van der Waals surface area contributed by atoms with Crippen molar-refractivity contribution in [3.63, 3.8) is 0 Å². The molecule has 0 aliphatic carbocycles. The molecule has 3 aromatic rings. The second kappa shape index (κ2) is 5.79. The lowest BCUT2D eigenvalue weighted by Crippen LogP contribution is -1.99. The summed E-state index contributed by atoms with van der Waals surface area (Å²) in [5.41, 5.74) is 2.01. The van der Waals surface area contributed by atoms with Crippen LogP contribution < -0.4 is 14.2 Å². The predicted molar refractivity (Wildman–Crippen MR) is 81.0 cm³/mol. The maximum absolute atomic E-state index is 5.83. The zero-order valence-corrected chi connectivity index (χ0v) is 12.0. The molecular weight excluding hydrogens is 266 g/mol. The summed E-state index contributed by atoms with van der Waals surface area (Å²) in [6.45, 7) is 0.434. The van der Waals surface area contributed by atoms with Crippen LogP contribution in [-0.4, -0.2) is 19.2 Å². The van der Waals surface area contributed by atoms with Crippen molar-refractivity contribution in [2.24, 2.45) is 0 Å². The highest BCUT2D eigenvalue weighted by Crippen LogP contribution is 2.26. The molecule has 0 unspecified atom stereocenters. The number of methoxy groups -OCH3 is 2. The second-order valence-corrected chi connectivity index (χ2v) is 4.61. The first-order valence-corrected chi connectivity index (χ1v) is 6.62. The van der Waals surface area contributed by atoms with Crippen LogP contribution in [0.4, 0.5) is 0 Å². The molecule has 0 saturated heterocycles. The van der Waals surface area contributed by atoms with Crippen LogP contribution in [0.2, 0.25) is 0 Å². The molecule has 0 bridgehead atoms. The summed E-state index contributed by atoms with van der Waals surface area (Å²) in [7, 11) is 3.27. The van der Waals surface area contributed by atoms with Crippen molar-refractivity contribution in [2.75, 3.05) is 14.2 Å². The molecule has 3 rings (SSSR count). The fraction of sp³-hybridized carbons (Fsp3) is 0.176. The van der Waals surface area contributed by atoms with E-state index in [-0.39, 0.29) is 0 Å². The van der Waals surface area contributed by atoms with Crippen LogP contribution in [-0.2, 0) is 6.61 Å². The van der Waals surface area contributed by atoms with Crippen LogP contribution in [0.1, 0.15) is 5.56 Å². The summed E-state index contributed by atoms with van der Waals surface area (Å²) in [6.07, 6.45) is 1.79. The van der Waals surface area contributed by atoms with Gasteiger partial charge >= 0.3 is 0 Å². The molecule has 0 atom stereocenters. The van der Waals surface area contributed by atoms with E-state index < -0.39 is 0 Å². The van der Waals surface area contributed by atoms with E-state index in [2.05, 4.69) is 11.1 Å². The molecule has 0 fully saturated rings. The molecule has 4 heteroatoms. The quantitative estimate of drug-likeness (QED) is 0.778. The summed E-state index contributed by atoms with van der Waals surface area (Å²) in [5.74, 6) is 2.32. The topological polar surface area (TPSA) is 43.5 Å². The Morgan fingerprint density at radius 3 is 2.67 bits per heavy atom. The third kappa shape index (κ3) is 2.79. The summed E-state index contributed by atoms with van der Waals surface area (Å²) >= 11 is 0. The van der Waals surface area contributed by atoms with Crippen LogP contribution in [0.5, 0.6) is 17.2 Å². The fourth-order valence-electron chi connectivity index (χ4n) is 2.18. The van der Waals surface area contributed by atoms with Gasteiger partial charge in [0.25, 0.3) is 0 Å². The van der Waals surface area contributed by atoms with Crippen molar-refractivity contribution in [2.45, 2.75) is 6.61 Å². The van der Waals surface area contributed by atoms with Crippen molar-refractivity contribution < 1.29 is 14.2 Å². The smallest absolute Gasteiger partial charge is 0.129 e. The van der Waals surface area contributed by atoms with Crippen molar-refractivity contribution >= 4 is 10.9 Å². The highest BCUT2D eigenvalue weighted by Gasteiger charge is 2.06. The molecule has 1 aromatic heterocycles. The summed E-state index contributed by atoms with van der Waals surface area (Å²) in [6, 6.07) is 14.7. The Morgan fingerprint density at radius 2 is 1.86 bits per heavy atom. The molecule has 1 heterocycles. The number of fused-ring (bicyclic) bond motifs is 1. The van der Waals surface area contributed by atoms with E-state index in [4.69, 9.17) is 14.2 Å². The summed E-state index contributed by atoms with van der Waals surface area (Å²) < 4.78 is 16.4. The molecule has 0 aliphatic rings. The minimum atomic E-state index is 0.434. The van der Waals surface area contributed by atoms with E-state index in [0.717, 1.165) is 33.7 Å². The van der Waals surface area contributed by atoms with E-state index in [1.165, 1.54) is 0 Å². The number of benzene rings is 2. The molecule has 1 N–H and O–H groups in total. The Balaban J connectivity index is 1.77. The Labute approximate surface area is 123 Å². The van der Waals surface area contributed by atoms with Gasteiger partial charge < -0.3 is 19.2 Å². The van der Waals surface area contributed by atoms with Gasteiger partial charge in [0.15, 0.2) is 0 Å². The predicted octanol–water partition coefficient (Wildman–Crippen LogP) is 3.56. The molecule has 107 valence electrons. The van der Waals surface area contributed by atoms with E-state index >= 15 is 0 Å². The Morgan fingerprint density at radius 1 is 1.00 bits per heavy atom. The lowest BCUT2D eigenvalue weighted by Gasteiger charge is -2.11. The van der Waals surface area contributed by atoms with E-state index in [0.29, 0.717) is 6.61 Å². The molecule has 21 heavy (non-hydrogen) atoms. The Hall–Kier alpha value is -2.62. The monoisotopic (exact) mass is 282 g/mol. The molecule has 0 aliphatic heterocycles.